The van der Waals surface area contributed by atoms with Crippen molar-refractivity contribution in [2.45, 2.75) is 40.7 Å². The maximum absolute atomic E-state index is 3.44. The van der Waals surface area contributed by atoms with E-state index in [0.29, 0.717) is 0 Å². The predicted molar refractivity (Wildman–Crippen MR) is 78.1 cm³/mol. The van der Waals surface area contributed by atoms with Crippen molar-refractivity contribution in [3.8, 4) is 0 Å². The Kier molecular flexibility index (Phi) is 3.85. The molecule has 0 atom stereocenters. The van der Waals surface area contributed by atoms with E-state index in [2.05, 4.69) is 45.1 Å². The Hall–Kier alpha value is -0.860. The number of aryl methyl sites for hydroxylation is 3. The lowest BCUT2D eigenvalue weighted by Crippen LogP contribution is -2.11. The summed E-state index contributed by atoms with van der Waals surface area (Å²) in [4.78, 5) is 1.51. The van der Waals surface area contributed by atoms with Crippen molar-refractivity contribution < 1.29 is 0 Å². The zero-order valence-electron chi connectivity index (χ0n) is 11.2. The van der Waals surface area contributed by atoms with E-state index in [0.717, 1.165) is 19.5 Å². The smallest absolute Gasteiger partial charge is 0.0378 e. The van der Waals surface area contributed by atoms with E-state index in [-0.39, 0.29) is 0 Å². The van der Waals surface area contributed by atoms with E-state index in [9.17, 15) is 0 Å². The molecule has 0 aliphatic carbocycles. The van der Waals surface area contributed by atoms with Crippen LogP contribution in [0.1, 0.15) is 35.4 Å². The summed E-state index contributed by atoms with van der Waals surface area (Å²) in [5.41, 5.74) is 4.33. The highest BCUT2D eigenvalue weighted by atomic mass is 32.1. The molecule has 2 aromatic rings. The molecule has 0 amide bonds. The first kappa shape index (κ1) is 12.6. The van der Waals surface area contributed by atoms with Gasteiger partial charge in [0.05, 0.1) is 0 Å². The standard InChI is InChI=1S/C15H21NS/c1-5-12-13-8-10(3)7-11(4)15(13)17-14(12)9-16-6-2/h7-8,16H,5-6,9H2,1-4H3. The fraction of sp³-hybridized carbons (Fsp3) is 0.467. The highest BCUT2D eigenvalue weighted by Gasteiger charge is 2.12. The molecule has 92 valence electrons. The van der Waals surface area contributed by atoms with Gasteiger partial charge in [-0.05, 0) is 43.3 Å². The Labute approximate surface area is 108 Å². The van der Waals surface area contributed by atoms with Gasteiger partial charge in [-0.1, -0.05) is 31.5 Å². The maximum Gasteiger partial charge on any atom is 0.0378 e. The molecule has 1 nitrogen and oxygen atoms in total. The van der Waals surface area contributed by atoms with Crippen molar-refractivity contribution in [3.05, 3.63) is 33.7 Å². The van der Waals surface area contributed by atoms with Crippen LogP contribution in [0.2, 0.25) is 0 Å². The molecule has 1 aromatic carbocycles. The van der Waals surface area contributed by atoms with Crippen molar-refractivity contribution >= 4 is 21.4 Å². The minimum Gasteiger partial charge on any atom is -0.312 e. The monoisotopic (exact) mass is 247 g/mol. The fourth-order valence-electron chi connectivity index (χ4n) is 2.42. The van der Waals surface area contributed by atoms with Gasteiger partial charge in [0, 0.05) is 16.1 Å². The first-order valence-corrected chi connectivity index (χ1v) is 7.21. The summed E-state index contributed by atoms with van der Waals surface area (Å²) in [5.74, 6) is 0. The van der Waals surface area contributed by atoms with Crippen molar-refractivity contribution in [2.24, 2.45) is 0 Å². The van der Waals surface area contributed by atoms with Crippen molar-refractivity contribution in [1.29, 1.82) is 0 Å². The van der Waals surface area contributed by atoms with Gasteiger partial charge in [0.1, 0.15) is 0 Å². The number of hydrogen-bond donors (Lipinski definition) is 1. The molecule has 0 saturated carbocycles. The van der Waals surface area contributed by atoms with Crippen LogP contribution in [0.5, 0.6) is 0 Å². The van der Waals surface area contributed by atoms with Gasteiger partial charge >= 0.3 is 0 Å². The Balaban J connectivity index is 2.58. The third-order valence-corrected chi connectivity index (χ3v) is 4.58. The molecule has 17 heavy (non-hydrogen) atoms. The number of rotatable bonds is 4. The molecule has 0 spiro atoms. The lowest BCUT2D eigenvalue weighted by Gasteiger charge is -2.03. The summed E-state index contributed by atoms with van der Waals surface area (Å²) in [7, 11) is 0. The SMILES string of the molecule is CCNCc1sc2c(C)cc(C)cc2c1CC. The number of hydrogen-bond acceptors (Lipinski definition) is 2. The van der Waals surface area contributed by atoms with E-state index in [4.69, 9.17) is 0 Å². The molecule has 1 N–H and O–H groups in total. The second-order valence-corrected chi connectivity index (χ2v) is 5.70. The van der Waals surface area contributed by atoms with Crippen LogP contribution in [0.3, 0.4) is 0 Å². The molecule has 2 rings (SSSR count). The zero-order valence-corrected chi connectivity index (χ0v) is 12.0. The van der Waals surface area contributed by atoms with Crippen LogP contribution < -0.4 is 5.32 Å². The average molecular weight is 247 g/mol. The second kappa shape index (κ2) is 5.19. The van der Waals surface area contributed by atoms with Gasteiger partial charge in [-0.25, -0.2) is 0 Å². The van der Waals surface area contributed by atoms with Crippen LogP contribution in [0.25, 0.3) is 10.1 Å². The minimum atomic E-state index is 1.01. The quantitative estimate of drug-likeness (QED) is 0.854. The molecule has 0 saturated heterocycles. The Morgan fingerprint density at radius 1 is 1.18 bits per heavy atom. The van der Waals surface area contributed by atoms with Crippen LogP contribution in [-0.4, -0.2) is 6.54 Å². The summed E-state index contributed by atoms with van der Waals surface area (Å²) >= 11 is 1.96. The lowest BCUT2D eigenvalue weighted by molar-refractivity contribution is 0.731. The summed E-state index contributed by atoms with van der Waals surface area (Å²) in [5, 5.41) is 4.92. The third kappa shape index (κ3) is 2.38. The predicted octanol–water partition coefficient (Wildman–Crippen LogP) is 4.19. The molecule has 1 heterocycles. The van der Waals surface area contributed by atoms with Crippen LogP contribution >= 0.6 is 11.3 Å². The van der Waals surface area contributed by atoms with E-state index >= 15 is 0 Å². The number of thiophene rings is 1. The minimum absolute atomic E-state index is 1.01. The van der Waals surface area contributed by atoms with E-state index < -0.39 is 0 Å². The first-order valence-electron chi connectivity index (χ1n) is 6.39. The number of benzene rings is 1. The molecule has 0 bridgehead atoms. The second-order valence-electron chi connectivity index (χ2n) is 4.60. The molecule has 2 heteroatoms. The summed E-state index contributed by atoms with van der Waals surface area (Å²) in [6.45, 7) is 10.9. The largest absolute Gasteiger partial charge is 0.312 e. The molecule has 0 aliphatic rings. The fourth-order valence-corrected chi connectivity index (χ4v) is 3.73. The van der Waals surface area contributed by atoms with Crippen LogP contribution in [0, 0.1) is 13.8 Å². The van der Waals surface area contributed by atoms with Crippen LogP contribution in [0.15, 0.2) is 12.1 Å². The van der Waals surface area contributed by atoms with E-state index in [1.54, 1.807) is 0 Å². The van der Waals surface area contributed by atoms with Crippen LogP contribution in [0.4, 0.5) is 0 Å². The van der Waals surface area contributed by atoms with E-state index in [1.165, 1.54) is 31.7 Å². The molecule has 0 fully saturated rings. The number of nitrogens with one attached hydrogen (secondary N) is 1. The highest BCUT2D eigenvalue weighted by molar-refractivity contribution is 7.19. The summed E-state index contributed by atoms with van der Waals surface area (Å²) in [6.07, 6.45) is 1.13. The Bertz CT molecular complexity index is 525. The molecule has 1 aromatic heterocycles. The van der Waals surface area contributed by atoms with Gasteiger partial charge in [-0.15, -0.1) is 11.3 Å². The molecule has 0 aliphatic heterocycles. The number of fused-ring (bicyclic) bond motifs is 1. The van der Waals surface area contributed by atoms with Gasteiger partial charge < -0.3 is 5.32 Å². The molecular formula is C15H21NS. The molecular weight excluding hydrogens is 226 g/mol. The van der Waals surface area contributed by atoms with Crippen molar-refractivity contribution in [2.75, 3.05) is 6.54 Å². The van der Waals surface area contributed by atoms with Gasteiger partial charge in [-0.3, -0.25) is 0 Å². The highest BCUT2D eigenvalue weighted by Crippen LogP contribution is 2.34. The van der Waals surface area contributed by atoms with Gasteiger partial charge in [0.25, 0.3) is 0 Å². The van der Waals surface area contributed by atoms with Gasteiger partial charge in [0.2, 0.25) is 0 Å². The first-order chi connectivity index (χ1) is 8.17. The topological polar surface area (TPSA) is 12.0 Å². The molecule has 0 unspecified atom stereocenters. The van der Waals surface area contributed by atoms with Gasteiger partial charge in [0.15, 0.2) is 0 Å². The normalized spacial score (nSPS) is 11.3. The summed E-state index contributed by atoms with van der Waals surface area (Å²) < 4.78 is 1.47. The summed E-state index contributed by atoms with van der Waals surface area (Å²) in [6, 6.07) is 4.63. The van der Waals surface area contributed by atoms with Crippen molar-refractivity contribution in [3.63, 3.8) is 0 Å². The van der Waals surface area contributed by atoms with Gasteiger partial charge in [-0.2, -0.15) is 0 Å². The Morgan fingerprint density at radius 2 is 1.94 bits per heavy atom. The Morgan fingerprint density at radius 3 is 2.59 bits per heavy atom. The third-order valence-electron chi connectivity index (χ3n) is 3.20. The molecule has 0 radical (unpaired) electrons. The zero-order chi connectivity index (χ0) is 12.4. The maximum atomic E-state index is 3.44. The average Bonchev–Trinajstić information content (AvgIpc) is 2.64. The van der Waals surface area contributed by atoms with E-state index in [1.807, 2.05) is 11.3 Å². The lowest BCUT2D eigenvalue weighted by atomic mass is 10.0. The van der Waals surface area contributed by atoms with Crippen molar-refractivity contribution in [1.82, 2.24) is 5.32 Å². The van der Waals surface area contributed by atoms with Crippen LogP contribution in [-0.2, 0) is 13.0 Å².